The Morgan fingerprint density at radius 2 is 2.00 bits per heavy atom. The number of aryl methyl sites for hydroxylation is 1. The maximum Gasteiger partial charge on any atom is 0.260 e. The van der Waals surface area contributed by atoms with Crippen LogP contribution in [0.5, 0.6) is 0 Å². The maximum atomic E-state index is 13.7. The van der Waals surface area contributed by atoms with E-state index in [1.807, 2.05) is 47.4 Å². The summed E-state index contributed by atoms with van der Waals surface area (Å²) in [5.41, 5.74) is 3.35. The highest BCUT2D eigenvalue weighted by molar-refractivity contribution is 8.04. The second-order valence-electron chi connectivity index (χ2n) is 9.21. The number of hydrogen-bond acceptors (Lipinski definition) is 4. The van der Waals surface area contributed by atoms with Crippen molar-refractivity contribution in [2.45, 2.75) is 50.4 Å². The Kier molecular flexibility index (Phi) is 8.46. The van der Waals surface area contributed by atoms with Crippen LogP contribution < -0.4 is 5.32 Å². The molecule has 2 aliphatic rings. The molecule has 2 fully saturated rings. The van der Waals surface area contributed by atoms with E-state index in [1.165, 1.54) is 5.56 Å². The minimum atomic E-state index is -0.0585. The van der Waals surface area contributed by atoms with E-state index in [0.29, 0.717) is 31.4 Å². The molecule has 0 aromatic heterocycles. The van der Waals surface area contributed by atoms with Gasteiger partial charge < -0.3 is 15.0 Å². The van der Waals surface area contributed by atoms with Crippen molar-refractivity contribution < 1.29 is 14.3 Å². The van der Waals surface area contributed by atoms with Gasteiger partial charge in [-0.1, -0.05) is 60.2 Å². The third-order valence-corrected chi connectivity index (χ3v) is 8.03. The van der Waals surface area contributed by atoms with Crippen molar-refractivity contribution in [3.05, 3.63) is 76.2 Å². The van der Waals surface area contributed by atoms with E-state index < -0.39 is 0 Å². The summed E-state index contributed by atoms with van der Waals surface area (Å²) in [4.78, 5) is 29.4. The quantitative estimate of drug-likeness (QED) is 0.437. The fraction of sp³-hybridized carbons (Fsp3) is 0.429. The molecule has 0 bridgehead atoms. The number of methoxy groups -OCH3 is 1. The van der Waals surface area contributed by atoms with Crippen LogP contribution in [0.15, 0.2) is 59.5 Å². The second-order valence-corrected chi connectivity index (χ2v) is 10.5. The predicted octanol–water partition coefficient (Wildman–Crippen LogP) is 4.80. The molecule has 1 aliphatic carbocycles. The summed E-state index contributed by atoms with van der Waals surface area (Å²) in [6.07, 6.45) is 5.32. The first-order valence-corrected chi connectivity index (χ1v) is 13.0. The van der Waals surface area contributed by atoms with Crippen LogP contribution in [0.3, 0.4) is 0 Å². The van der Waals surface area contributed by atoms with E-state index in [4.69, 9.17) is 4.74 Å². The van der Waals surface area contributed by atoms with Crippen molar-refractivity contribution >= 4 is 29.7 Å². The Hall–Kier alpha value is -2.57. The Morgan fingerprint density at radius 1 is 1.18 bits per heavy atom. The van der Waals surface area contributed by atoms with Gasteiger partial charge in [0.25, 0.3) is 5.91 Å². The zero-order valence-corrected chi connectivity index (χ0v) is 20.9. The molecule has 5 nitrogen and oxygen atoms in total. The lowest BCUT2D eigenvalue weighted by Gasteiger charge is -2.46. The highest BCUT2D eigenvalue weighted by atomic mass is 32.2. The van der Waals surface area contributed by atoms with Gasteiger partial charge in [-0.15, -0.1) is 11.8 Å². The summed E-state index contributed by atoms with van der Waals surface area (Å²) in [6, 6.07) is 18.4. The number of ether oxygens (including phenoxy) is 1. The first-order chi connectivity index (χ1) is 16.5. The first-order valence-electron chi connectivity index (χ1n) is 12.1. The fourth-order valence-electron chi connectivity index (χ4n) is 4.89. The molecule has 6 heteroatoms. The molecule has 34 heavy (non-hydrogen) atoms. The largest absolute Gasteiger partial charge is 0.385 e. The van der Waals surface area contributed by atoms with Crippen molar-refractivity contribution in [3.8, 4) is 0 Å². The van der Waals surface area contributed by atoms with E-state index in [-0.39, 0.29) is 23.8 Å². The van der Waals surface area contributed by atoms with Gasteiger partial charge in [0.15, 0.2) is 0 Å². The molecule has 1 aliphatic heterocycles. The SMILES string of the molecule is COCCCNC(=O)C1CCC2S/C(=C\c3ccccc3)C(=O)N(Cc3cccc(C)c3)C2C1. The van der Waals surface area contributed by atoms with Gasteiger partial charge in [0, 0.05) is 44.0 Å². The van der Waals surface area contributed by atoms with Gasteiger partial charge in [0.05, 0.1) is 4.91 Å². The second kappa shape index (κ2) is 11.7. The topological polar surface area (TPSA) is 58.6 Å². The normalized spacial score (nSPS) is 23.6. The van der Waals surface area contributed by atoms with E-state index in [2.05, 4.69) is 30.4 Å². The molecule has 4 rings (SSSR count). The number of nitrogens with one attached hydrogen (secondary N) is 1. The van der Waals surface area contributed by atoms with E-state index >= 15 is 0 Å². The first kappa shape index (κ1) is 24.6. The molecule has 1 N–H and O–H groups in total. The lowest BCUT2D eigenvalue weighted by atomic mass is 9.83. The smallest absolute Gasteiger partial charge is 0.260 e. The van der Waals surface area contributed by atoms with Crippen LogP contribution in [0.2, 0.25) is 0 Å². The van der Waals surface area contributed by atoms with Crippen molar-refractivity contribution in [3.63, 3.8) is 0 Å². The van der Waals surface area contributed by atoms with E-state index in [9.17, 15) is 9.59 Å². The highest BCUT2D eigenvalue weighted by Gasteiger charge is 2.44. The Bertz CT molecular complexity index is 1020. The van der Waals surface area contributed by atoms with Crippen molar-refractivity contribution in [2.24, 2.45) is 5.92 Å². The standard InChI is InChI=1S/C28H34N2O3S/c1-20-8-6-11-22(16-20)19-30-24-18-23(27(31)29-14-7-15-33-2)12-13-25(24)34-26(28(30)32)17-21-9-4-3-5-10-21/h3-6,8-11,16-17,23-25H,7,12-15,18-19H2,1-2H3,(H,29,31)/b26-17-. The van der Waals surface area contributed by atoms with Gasteiger partial charge in [-0.3, -0.25) is 9.59 Å². The molecule has 1 heterocycles. The molecule has 2 aromatic carbocycles. The number of benzene rings is 2. The zero-order chi connectivity index (χ0) is 23.9. The average molecular weight is 479 g/mol. The molecule has 3 unspecified atom stereocenters. The van der Waals surface area contributed by atoms with Crippen LogP contribution in [0.4, 0.5) is 0 Å². The third kappa shape index (κ3) is 6.10. The number of nitrogens with zero attached hydrogens (tertiary/aromatic N) is 1. The number of carbonyl (C=O) groups is 2. The molecule has 0 radical (unpaired) electrons. The van der Waals surface area contributed by atoms with Crippen LogP contribution in [0.25, 0.3) is 6.08 Å². The van der Waals surface area contributed by atoms with Gasteiger partial charge in [-0.05, 0) is 49.8 Å². The van der Waals surface area contributed by atoms with Crippen molar-refractivity contribution in [1.82, 2.24) is 10.2 Å². The molecule has 0 spiro atoms. The van der Waals surface area contributed by atoms with Crippen LogP contribution in [-0.4, -0.2) is 48.3 Å². The van der Waals surface area contributed by atoms with Gasteiger partial charge in [-0.2, -0.15) is 0 Å². The van der Waals surface area contributed by atoms with Gasteiger partial charge in [0.2, 0.25) is 5.91 Å². The minimum Gasteiger partial charge on any atom is -0.385 e. The summed E-state index contributed by atoms with van der Waals surface area (Å²) in [6.45, 7) is 3.91. The van der Waals surface area contributed by atoms with E-state index in [1.54, 1.807) is 18.9 Å². The lowest BCUT2D eigenvalue weighted by molar-refractivity contribution is -0.133. The van der Waals surface area contributed by atoms with Gasteiger partial charge >= 0.3 is 0 Å². The lowest BCUT2D eigenvalue weighted by Crippen LogP contribution is -2.53. The average Bonchev–Trinajstić information content (AvgIpc) is 2.85. The Morgan fingerprint density at radius 3 is 2.76 bits per heavy atom. The maximum absolute atomic E-state index is 13.7. The molecule has 2 aromatic rings. The molecule has 3 atom stereocenters. The number of amides is 2. The van der Waals surface area contributed by atoms with Crippen LogP contribution >= 0.6 is 11.8 Å². The van der Waals surface area contributed by atoms with Crippen molar-refractivity contribution in [1.29, 1.82) is 0 Å². The molecular weight excluding hydrogens is 444 g/mol. The summed E-state index contributed by atoms with van der Waals surface area (Å²) < 4.78 is 5.08. The van der Waals surface area contributed by atoms with Crippen LogP contribution in [0.1, 0.15) is 42.4 Å². The van der Waals surface area contributed by atoms with Gasteiger partial charge in [-0.25, -0.2) is 0 Å². The number of rotatable bonds is 8. The molecular formula is C28H34N2O3S. The number of carbonyl (C=O) groups excluding carboxylic acids is 2. The predicted molar refractivity (Wildman–Crippen MR) is 138 cm³/mol. The summed E-state index contributed by atoms with van der Waals surface area (Å²) in [5, 5.41) is 3.37. The van der Waals surface area contributed by atoms with Crippen LogP contribution in [-0.2, 0) is 20.9 Å². The number of fused-ring (bicyclic) bond motifs is 1. The van der Waals surface area contributed by atoms with Crippen molar-refractivity contribution in [2.75, 3.05) is 20.3 Å². The number of thioether (sulfide) groups is 1. The third-order valence-electron chi connectivity index (χ3n) is 6.63. The summed E-state index contributed by atoms with van der Waals surface area (Å²) in [7, 11) is 1.67. The van der Waals surface area contributed by atoms with E-state index in [0.717, 1.165) is 35.3 Å². The highest BCUT2D eigenvalue weighted by Crippen LogP contribution is 2.44. The monoisotopic (exact) mass is 478 g/mol. The summed E-state index contributed by atoms with van der Waals surface area (Å²) in [5.74, 6) is 0.114. The minimum absolute atomic E-state index is 0.0504. The Labute approximate surface area is 206 Å². The van der Waals surface area contributed by atoms with Gasteiger partial charge in [0.1, 0.15) is 0 Å². The van der Waals surface area contributed by atoms with Crippen LogP contribution in [0, 0.1) is 12.8 Å². The molecule has 1 saturated heterocycles. The Balaban J connectivity index is 1.55. The number of hydrogen-bond donors (Lipinski definition) is 1. The fourth-order valence-corrected chi connectivity index (χ4v) is 6.31. The summed E-state index contributed by atoms with van der Waals surface area (Å²) >= 11 is 1.70. The molecule has 180 valence electrons. The zero-order valence-electron chi connectivity index (χ0n) is 20.0. The molecule has 1 saturated carbocycles. The molecule has 2 amide bonds.